The average molecular weight is 423 g/mol. The van der Waals surface area contributed by atoms with Crippen LogP contribution in [0.15, 0.2) is 60.7 Å². The van der Waals surface area contributed by atoms with E-state index in [2.05, 4.69) is 52.1 Å². The molecule has 0 amide bonds. The highest BCUT2D eigenvalue weighted by atomic mass is 35.5. The Balaban J connectivity index is 2.35. The number of hydrogen-bond acceptors (Lipinski definition) is 2. The molecule has 150 valence electrons. The number of allylic oxidation sites excluding steroid dienone is 1. The van der Waals surface area contributed by atoms with Crippen LogP contribution in [0.2, 0.25) is 23.2 Å². The van der Waals surface area contributed by atoms with Crippen molar-refractivity contribution < 1.29 is 9.22 Å². The molecule has 29 heavy (non-hydrogen) atoms. The van der Waals surface area contributed by atoms with Gasteiger partial charge in [0.25, 0.3) is 8.32 Å². The fourth-order valence-electron chi connectivity index (χ4n) is 3.02. The van der Waals surface area contributed by atoms with Gasteiger partial charge in [-0.25, -0.2) is 0 Å². The summed E-state index contributed by atoms with van der Waals surface area (Å²) in [5.74, 6) is 0.845. The first-order valence-electron chi connectivity index (χ1n) is 9.76. The zero-order chi connectivity index (χ0) is 21.2. The summed E-state index contributed by atoms with van der Waals surface area (Å²) in [5, 5.41) is 2.91. The van der Waals surface area contributed by atoms with Crippen LogP contribution in [0.1, 0.15) is 26.3 Å². The van der Waals surface area contributed by atoms with Crippen molar-refractivity contribution in [2.45, 2.75) is 38.9 Å². The van der Waals surface area contributed by atoms with E-state index in [1.54, 1.807) is 0 Å². The van der Waals surface area contributed by atoms with Crippen molar-refractivity contribution in [3.05, 3.63) is 71.3 Å². The lowest BCUT2D eigenvalue weighted by molar-refractivity contribution is -0.104. The highest BCUT2D eigenvalue weighted by molar-refractivity contribution is 6.74. The van der Waals surface area contributed by atoms with Crippen molar-refractivity contribution in [1.82, 2.24) is 0 Å². The summed E-state index contributed by atoms with van der Waals surface area (Å²) in [6.07, 6.45) is 4.19. The second-order valence-corrected chi connectivity index (χ2v) is 13.9. The number of aldehydes is 1. The lowest BCUT2D eigenvalue weighted by atomic mass is 9.94. The van der Waals surface area contributed by atoms with Crippen LogP contribution < -0.4 is 4.43 Å². The van der Waals surface area contributed by atoms with Crippen molar-refractivity contribution in [3.8, 4) is 16.9 Å². The lowest BCUT2D eigenvalue weighted by Gasteiger charge is -2.37. The molecule has 0 aliphatic heterocycles. The Morgan fingerprint density at radius 2 is 1.66 bits per heavy atom. The van der Waals surface area contributed by atoms with E-state index in [1.807, 2.05) is 42.5 Å². The smallest absolute Gasteiger partial charge is 0.250 e. The maximum atomic E-state index is 11.2. The molecule has 0 aliphatic rings. The van der Waals surface area contributed by atoms with Crippen LogP contribution in [0.5, 0.6) is 5.75 Å². The molecule has 3 rings (SSSR count). The quantitative estimate of drug-likeness (QED) is 0.238. The molecule has 3 aromatic carbocycles. The van der Waals surface area contributed by atoms with Gasteiger partial charge in [0.05, 0.1) is 0 Å². The van der Waals surface area contributed by atoms with Crippen LogP contribution in [0.25, 0.3) is 28.0 Å². The molecule has 0 bridgehead atoms. The maximum absolute atomic E-state index is 11.2. The third-order valence-corrected chi connectivity index (χ3v) is 10.3. The summed E-state index contributed by atoms with van der Waals surface area (Å²) in [5.41, 5.74) is 2.97. The number of hydrogen-bond donors (Lipinski definition) is 0. The number of carbonyl (C=O) groups excluding carboxylic acids is 1. The first-order valence-corrected chi connectivity index (χ1v) is 13.1. The molecule has 2 nitrogen and oxygen atoms in total. The molecule has 0 aromatic heterocycles. The van der Waals surface area contributed by atoms with Gasteiger partial charge >= 0.3 is 0 Å². The van der Waals surface area contributed by atoms with Crippen LogP contribution in [0.3, 0.4) is 0 Å². The van der Waals surface area contributed by atoms with Gasteiger partial charge in [-0.2, -0.15) is 0 Å². The molecule has 0 atom stereocenters. The fourth-order valence-corrected chi connectivity index (χ4v) is 4.18. The lowest BCUT2D eigenvalue weighted by Crippen LogP contribution is -2.44. The van der Waals surface area contributed by atoms with E-state index < -0.39 is 8.32 Å². The van der Waals surface area contributed by atoms with E-state index in [1.165, 1.54) is 6.08 Å². The van der Waals surface area contributed by atoms with Crippen molar-refractivity contribution in [1.29, 1.82) is 0 Å². The minimum atomic E-state index is -2.11. The van der Waals surface area contributed by atoms with Gasteiger partial charge in [0.1, 0.15) is 12.0 Å². The minimum Gasteiger partial charge on any atom is -0.543 e. The van der Waals surface area contributed by atoms with Gasteiger partial charge in [0.15, 0.2) is 0 Å². The standard InChI is InChI=1S/C25H27ClO2Si/c1-25(2,3)29(4,5)28-24-21-10-7-6-9-19(21)17-23(22(24)11-8-16-27)18-12-14-20(26)15-13-18/h6-17H,1-5H3/b11-8-. The van der Waals surface area contributed by atoms with Gasteiger partial charge in [0, 0.05) is 16.0 Å². The molecule has 0 N–H and O–H groups in total. The van der Waals surface area contributed by atoms with Gasteiger partial charge in [-0.1, -0.05) is 68.8 Å². The predicted molar refractivity (Wildman–Crippen MR) is 127 cm³/mol. The second kappa shape index (κ2) is 8.17. The van der Waals surface area contributed by atoms with Gasteiger partial charge in [-0.3, -0.25) is 4.79 Å². The highest BCUT2D eigenvalue weighted by Crippen LogP contribution is 2.44. The van der Waals surface area contributed by atoms with Crippen molar-refractivity contribution in [3.63, 3.8) is 0 Å². The number of halogens is 1. The Kier molecular flexibility index (Phi) is 6.02. The van der Waals surface area contributed by atoms with Crippen LogP contribution in [-0.2, 0) is 4.79 Å². The molecule has 0 aliphatic carbocycles. The molecule has 0 unspecified atom stereocenters. The van der Waals surface area contributed by atoms with E-state index in [0.717, 1.165) is 39.5 Å². The summed E-state index contributed by atoms with van der Waals surface area (Å²) in [7, 11) is -2.11. The summed E-state index contributed by atoms with van der Waals surface area (Å²) in [6.45, 7) is 11.2. The summed E-state index contributed by atoms with van der Waals surface area (Å²) in [4.78, 5) is 11.2. The molecule has 0 saturated carbocycles. The summed E-state index contributed by atoms with van der Waals surface area (Å²) >= 11 is 6.11. The molecule has 3 aromatic rings. The molecule has 0 spiro atoms. The molecule has 0 fully saturated rings. The highest BCUT2D eigenvalue weighted by Gasteiger charge is 2.39. The first kappa shape index (κ1) is 21.3. The topological polar surface area (TPSA) is 26.3 Å². The number of benzene rings is 3. The first-order chi connectivity index (χ1) is 13.6. The molecule has 0 heterocycles. The van der Waals surface area contributed by atoms with Gasteiger partial charge in [0.2, 0.25) is 0 Å². The zero-order valence-electron chi connectivity index (χ0n) is 17.6. The second-order valence-electron chi connectivity index (χ2n) is 8.75. The summed E-state index contributed by atoms with van der Waals surface area (Å²) < 4.78 is 6.84. The molecule has 4 heteroatoms. The minimum absolute atomic E-state index is 0.0516. The van der Waals surface area contributed by atoms with Crippen LogP contribution in [-0.4, -0.2) is 14.6 Å². The average Bonchev–Trinajstić information content (AvgIpc) is 2.66. The van der Waals surface area contributed by atoms with Crippen LogP contribution in [0, 0.1) is 0 Å². The Morgan fingerprint density at radius 1 is 1.00 bits per heavy atom. The summed E-state index contributed by atoms with van der Waals surface area (Å²) in [6, 6.07) is 18.2. The monoisotopic (exact) mass is 422 g/mol. The SMILES string of the molecule is CC(C)(C)[Si](C)(C)Oc1c(/C=C\C=O)c(-c2ccc(Cl)cc2)cc2ccccc12. The van der Waals surface area contributed by atoms with Gasteiger partial charge < -0.3 is 4.43 Å². The van der Waals surface area contributed by atoms with Gasteiger partial charge in [-0.15, -0.1) is 0 Å². The van der Waals surface area contributed by atoms with Gasteiger partial charge in [-0.05, 0) is 65.0 Å². The normalized spacial score (nSPS) is 12.5. The van der Waals surface area contributed by atoms with Crippen molar-refractivity contribution in [2.75, 3.05) is 0 Å². The Labute approximate surface area is 179 Å². The van der Waals surface area contributed by atoms with Crippen LogP contribution in [0.4, 0.5) is 0 Å². The largest absolute Gasteiger partial charge is 0.543 e. The predicted octanol–water partition coefficient (Wildman–Crippen LogP) is 7.76. The van der Waals surface area contributed by atoms with E-state index >= 15 is 0 Å². The third kappa shape index (κ3) is 4.47. The van der Waals surface area contributed by atoms with E-state index in [-0.39, 0.29) is 5.04 Å². The Bertz CT molecular complexity index is 1060. The van der Waals surface area contributed by atoms with E-state index in [9.17, 15) is 4.79 Å². The number of rotatable bonds is 5. The number of fused-ring (bicyclic) bond motifs is 1. The van der Waals surface area contributed by atoms with Crippen molar-refractivity contribution in [2.24, 2.45) is 0 Å². The molecular weight excluding hydrogens is 396 g/mol. The van der Waals surface area contributed by atoms with Crippen LogP contribution >= 0.6 is 11.6 Å². The molecule has 0 saturated heterocycles. The zero-order valence-corrected chi connectivity index (χ0v) is 19.4. The Hall–Kier alpha value is -2.36. The number of carbonyl (C=O) groups is 1. The van der Waals surface area contributed by atoms with E-state index in [0.29, 0.717) is 5.02 Å². The molecule has 0 radical (unpaired) electrons. The molecular formula is C25H27ClO2Si. The maximum Gasteiger partial charge on any atom is 0.250 e. The fraction of sp³-hybridized carbons (Fsp3) is 0.240. The van der Waals surface area contributed by atoms with Crippen molar-refractivity contribution >= 4 is 43.1 Å². The third-order valence-electron chi connectivity index (χ3n) is 5.70. The Morgan fingerprint density at radius 3 is 2.28 bits per heavy atom. The van der Waals surface area contributed by atoms with E-state index in [4.69, 9.17) is 16.0 Å².